The van der Waals surface area contributed by atoms with Crippen molar-refractivity contribution in [2.75, 3.05) is 0 Å². The van der Waals surface area contributed by atoms with E-state index >= 15 is 0 Å². The summed E-state index contributed by atoms with van der Waals surface area (Å²) in [4.78, 5) is 0. The van der Waals surface area contributed by atoms with Crippen LogP contribution in [0.25, 0.3) is 0 Å². The molecular formula is C6H22N8. The summed E-state index contributed by atoms with van der Waals surface area (Å²) in [7, 11) is 0. The molecule has 0 spiro atoms. The summed E-state index contributed by atoms with van der Waals surface area (Å²) in [5.74, 6) is -2.88. The number of rotatable bonds is 5. The van der Waals surface area contributed by atoms with Gasteiger partial charge in [-0.15, -0.1) is 0 Å². The lowest BCUT2D eigenvalue weighted by atomic mass is 9.96. The third-order valence-corrected chi connectivity index (χ3v) is 2.01. The fourth-order valence-electron chi connectivity index (χ4n) is 0.904. The first-order valence-corrected chi connectivity index (χ1v) is 4.27. The molecule has 0 aliphatic carbocycles. The minimum absolute atomic E-state index is 0.282. The maximum Gasteiger partial charge on any atom is 0.148 e. The maximum absolute atomic E-state index is 5.60. The van der Waals surface area contributed by atoms with E-state index in [4.69, 9.17) is 45.9 Å². The van der Waals surface area contributed by atoms with Gasteiger partial charge in [0.05, 0.1) is 0 Å². The van der Waals surface area contributed by atoms with Crippen LogP contribution >= 0.6 is 0 Å². The third kappa shape index (κ3) is 4.79. The first-order valence-electron chi connectivity index (χ1n) is 4.27. The van der Waals surface area contributed by atoms with E-state index in [9.17, 15) is 0 Å². The van der Waals surface area contributed by atoms with E-state index in [-0.39, 0.29) is 6.42 Å². The molecule has 8 nitrogen and oxygen atoms in total. The first-order chi connectivity index (χ1) is 5.96. The zero-order chi connectivity index (χ0) is 11.6. The van der Waals surface area contributed by atoms with Crippen molar-refractivity contribution in [3.8, 4) is 0 Å². The van der Waals surface area contributed by atoms with Crippen LogP contribution in [0.3, 0.4) is 0 Å². The highest BCUT2D eigenvalue weighted by atomic mass is 15.2. The fourth-order valence-corrected chi connectivity index (χ4v) is 0.904. The quantitative estimate of drug-likeness (QED) is 0.206. The van der Waals surface area contributed by atoms with Crippen LogP contribution in [0.4, 0.5) is 0 Å². The molecule has 8 heteroatoms. The minimum atomic E-state index is -1.65. The molecule has 16 N–H and O–H groups in total. The molecule has 86 valence electrons. The van der Waals surface area contributed by atoms with Crippen molar-refractivity contribution >= 4 is 0 Å². The van der Waals surface area contributed by atoms with Gasteiger partial charge in [-0.25, -0.2) is 0 Å². The summed E-state index contributed by atoms with van der Waals surface area (Å²) in [6.45, 7) is 0. The van der Waals surface area contributed by atoms with Gasteiger partial charge in [-0.3, -0.25) is 17.2 Å². The van der Waals surface area contributed by atoms with Crippen molar-refractivity contribution in [2.24, 2.45) is 45.9 Å². The third-order valence-electron chi connectivity index (χ3n) is 2.01. The molecule has 0 atom stereocenters. The predicted molar refractivity (Wildman–Crippen MR) is 55.5 cm³/mol. The largest absolute Gasteiger partial charge is 0.310 e. The van der Waals surface area contributed by atoms with Crippen LogP contribution < -0.4 is 45.9 Å². The molecule has 0 rings (SSSR count). The zero-order valence-corrected chi connectivity index (χ0v) is 8.24. The molecule has 0 aromatic rings. The van der Waals surface area contributed by atoms with Crippen molar-refractivity contribution in [1.29, 1.82) is 0 Å². The topological polar surface area (TPSA) is 208 Å². The molecule has 0 aliphatic rings. The van der Waals surface area contributed by atoms with E-state index in [1.165, 1.54) is 0 Å². The van der Waals surface area contributed by atoms with Gasteiger partial charge in [0, 0.05) is 0 Å². The number of nitrogens with two attached hydrogens (primary N) is 8. The molecule has 0 bridgehead atoms. The van der Waals surface area contributed by atoms with Crippen LogP contribution in [-0.4, -0.2) is 17.2 Å². The van der Waals surface area contributed by atoms with Crippen LogP contribution in [0, 0.1) is 0 Å². The Balaban J connectivity index is 4.02. The molecular weight excluding hydrogens is 184 g/mol. The van der Waals surface area contributed by atoms with E-state index < -0.39 is 17.2 Å². The first kappa shape index (κ1) is 13.7. The van der Waals surface area contributed by atoms with Crippen molar-refractivity contribution in [3.63, 3.8) is 0 Å². The molecule has 0 fully saturated rings. The van der Waals surface area contributed by atoms with Crippen molar-refractivity contribution in [3.05, 3.63) is 0 Å². The summed E-state index contributed by atoms with van der Waals surface area (Å²) in [5, 5.41) is 0. The van der Waals surface area contributed by atoms with Crippen LogP contribution in [0.15, 0.2) is 0 Å². The Hall–Kier alpha value is -0.320. The smallest absolute Gasteiger partial charge is 0.148 e. The SMILES string of the molecule is NC(N)(N)CCCC(N)(N)C(N)(N)N. The van der Waals surface area contributed by atoms with E-state index in [2.05, 4.69) is 0 Å². The van der Waals surface area contributed by atoms with Crippen LogP contribution in [0.2, 0.25) is 0 Å². The predicted octanol–water partition coefficient (Wildman–Crippen LogP) is -4.17. The molecule has 0 aromatic heterocycles. The highest BCUT2D eigenvalue weighted by molar-refractivity contribution is 4.94. The fraction of sp³-hybridized carbons (Fsp3) is 1.00. The highest BCUT2D eigenvalue weighted by Gasteiger charge is 2.36. The van der Waals surface area contributed by atoms with Gasteiger partial charge in [-0.05, 0) is 19.3 Å². The second-order valence-electron chi connectivity index (χ2n) is 3.94. The van der Waals surface area contributed by atoms with Crippen molar-refractivity contribution < 1.29 is 0 Å². The van der Waals surface area contributed by atoms with Crippen LogP contribution in [0.5, 0.6) is 0 Å². The second kappa shape index (κ2) is 4.04. The second-order valence-corrected chi connectivity index (χ2v) is 3.94. The van der Waals surface area contributed by atoms with Gasteiger partial charge >= 0.3 is 0 Å². The van der Waals surface area contributed by atoms with E-state index in [1.807, 2.05) is 0 Å². The Labute approximate surface area is 83.3 Å². The molecule has 0 heterocycles. The summed E-state index contributed by atoms with van der Waals surface area (Å²) in [6.07, 6.45) is 1.12. The lowest BCUT2D eigenvalue weighted by molar-refractivity contribution is 0.210. The molecule has 0 unspecified atom stereocenters. The van der Waals surface area contributed by atoms with Gasteiger partial charge < -0.3 is 28.7 Å². The molecule has 0 saturated heterocycles. The van der Waals surface area contributed by atoms with Gasteiger partial charge in [-0.2, -0.15) is 0 Å². The lowest BCUT2D eigenvalue weighted by Crippen LogP contribution is -2.80. The van der Waals surface area contributed by atoms with Gasteiger partial charge in [0.1, 0.15) is 17.2 Å². The summed E-state index contributed by atoms with van der Waals surface area (Å²) >= 11 is 0. The van der Waals surface area contributed by atoms with Crippen molar-refractivity contribution in [2.45, 2.75) is 36.5 Å². The summed E-state index contributed by atoms with van der Waals surface area (Å²) in [5.41, 5.74) is 42.0. The van der Waals surface area contributed by atoms with Crippen LogP contribution in [-0.2, 0) is 0 Å². The maximum atomic E-state index is 5.60. The standard InChI is InChI=1S/C6H22N8/c7-4(8,6(12,13)14)2-1-3-5(9,10)11/h1-3,7-14H2. The Kier molecular flexibility index (Phi) is 3.95. The van der Waals surface area contributed by atoms with E-state index in [0.29, 0.717) is 12.8 Å². The van der Waals surface area contributed by atoms with Gasteiger partial charge in [-0.1, -0.05) is 0 Å². The Morgan fingerprint density at radius 2 is 1.07 bits per heavy atom. The Morgan fingerprint density at radius 1 is 0.643 bits per heavy atom. The summed E-state index contributed by atoms with van der Waals surface area (Å²) < 4.78 is 0. The average molecular weight is 206 g/mol. The van der Waals surface area contributed by atoms with Crippen molar-refractivity contribution in [1.82, 2.24) is 0 Å². The van der Waals surface area contributed by atoms with E-state index in [1.54, 1.807) is 0 Å². The minimum Gasteiger partial charge on any atom is -0.310 e. The van der Waals surface area contributed by atoms with Gasteiger partial charge in [0.15, 0.2) is 0 Å². The van der Waals surface area contributed by atoms with Gasteiger partial charge in [0.2, 0.25) is 0 Å². The summed E-state index contributed by atoms with van der Waals surface area (Å²) in [6, 6.07) is 0. The number of hydrogen-bond acceptors (Lipinski definition) is 8. The number of hydrogen-bond donors (Lipinski definition) is 8. The highest BCUT2D eigenvalue weighted by Crippen LogP contribution is 2.11. The monoisotopic (exact) mass is 206 g/mol. The van der Waals surface area contributed by atoms with E-state index in [0.717, 1.165) is 0 Å². The molecule has 0 radical (unpaired) electrons. The normalized spacial score (nSPS) is 14.6. The average Bonchev–Trinajstić information content (AvgIpc) is 1.80. The Morgan fingerprint density at radius 3 is 1.36 bits per heavy atom. The molecule has 0 saturated carbocycles. The Bertz CT molecular complexity index is 175. The molecule has 0 aliphatic heterocycles. The van der Waals surface area contributed by atoms with Crippen LogP contribution in [0.1, 0.15) is 19.3 Å². The zero-order valence-electron chi connectivity index (χ0n) is 8.24. The molecule has 0 aromatic carbocycles. The van der Waals surface area contributed by atoms with Gasteiger partial charge in [0.25, 0.3) is 0 Å². The molecule has 0 amide bonds. The molecule has 14 heavy (non-hydrogen) atoms. The lowest BCUT2D eigenvalue weighted by Gasteiger charge is -2.37.